The van der Waals surface area contributed by atoms with Crippen molar-refractivity contribution in [3.63, 3.8) is 0 Å². The lowest BCUT2D eigenvalue weighted by Crippen LogP contribution is -2.25. The molecule has 0 bridgehead atoms. The average Bonchev–Trinajstić information content (AvgIpc) is 3.12. The van der Waals surface area contributed by atoms with Crippen molar-refractivity contribution in [1.82, 2.24) is 19.2 Å². The number of hydrogen-bond donors (Lipinski definition) is 1. The number of aromatic nitrogens is 4. The third-order valence-electron chi connectivity index (χ3n) is 4.43. The summed E-state index contributed by atoms with van der Waals surface area (Å²) in [4.78, 5) is 29.5. The number of aryl methyl sites for hydroxylation is 2. The van der Waals surface area contributed by atoms with Crippen molar-refractivity contribution in [3.05, 3.63) is 82.3 Å². The van der Waals surface area contributed by atoms with Gasteiger partial charge in [-0.1, -0.05) is 42.5 Å². The van der Waals surface area contributed by atoms with E-state index in [1.165, 1.54) is 10.6 Å². The molecule has 7 nitrogen and oxygen atoms in total. The highest BCUT2D eigenvalue weighted by Gasteiger charge is 2.15. The molecule has 0 aliphatic heterocycles. The molecule has 0 saturated carbocycles. The van der Waals surface area contributed by atoms with E-state index in [9.17, 15) is 9.59 Å². The Morgan fingerprint density at radius 3 is 2.57 bits per heavy atom. The lowest BCUT2D eigenvalue weighted by Gasteiger charge is -2.12. The number of benzene rings is 2. The number of hydrogen-bond acceptors (Lipinski definition) is 4. The van der Waals surface area contributed by atoms with E-state index in [-0.39, 0.29) is 18.0 Å². The highest BCUT2D eigenvalue weighted by molar-refractivity contribution is 5.90. The minimum absolute atomic E-state index is 0.0243. The Balaban J connectivity index is 1.71. The molecule has 140 valence electrons. The summed E-state index contributed by atoms with van der Waals surface area (Å²) in [5.41, 5.74) is 2.95. The molecule has 7 heteroatoms. The fraction of sp³-hybridized carbons (Fsp3) is 0.143. The van der Waals surface area contributed by atoms with E-state index in [2.05, 4.69) is 15.4 Å². The molecule has 0 atom stereocenters. The summed E-state index contributed by atoms with van der Waals surface area (Å²) in [5, 5.41) is 7.21. The van der Waals surface area contributed by atoms with Crippen LogP contribution in [0.5, 0.6) is 0 Å². The van der Waals surface area contributed by atoms with E-state index >= 15 is 0 Å². The summed E-state index contributed by atoms with van der Waals surface area (Å²) in [7, 11) is 0. The standard InChI is InChI=1S/C21H19N5O2/c1-14-7-6-10-17(11-14)22-18(27)13-25-15(2)12-19(28)26-21(25)23-20(24-26)16-8-4-3-5-9-16/h3-12H,13H2,1-2H3,(H,22,27). The molecule has 28 heavy (non-hydrogen) atoms. The molecule has 0 fully saturated rings. The third-order valence-corrected chi connectivity index (χ3v) is 4.43. The van der Waals surface area contributed by atoms with Gasteiger partial charge < -0.3 is 9.88 Å². The Hall–Kier alpha value is -3.74. The van der Waals surface area contributed by atoms with Crippen molar-refractivity contribution in [1.29, 1.82) is 0 Å². The molecule has 4 aromatic rings. The topological polar surface area (TPSA) is 81.3 Å². The number of anilines is 1. The van der Waals surface area contributed by atoms with Gasteiger partial charge in [0.2, 0.25) is 11.7 Å². The Morgan fingerprint density at radius 1 is 1.04 bits per heavy atom. The van der Waals surface area contributed by atoms with Crippen LogP contribution in [0.3, 0.4) is 0 Å². The van der Waals surface area contributed by atoms with Gasteiger partial charge in [0.1, 0.15) is 6.54 Å². The molecule has 2 aromatic heterocycles. The van der Waals surface area contributed by atoms with Crippen LogP contribution in [0, 0.1) is 13.8 Å². The monoisotopic (exact) mass is 373 g/mol. The number of fused-ring (bicyclic) bond motifs is 1. The minimum atomic E-state index is -0.280. The van der Waals surface area contributed by atoms with Crippen LogP contribution in [-0.4, -0.2) is 25.1 Å². The maximum absolute atomic E-state index is 12.6. The predicted octanol–water partition coefficient (Wildman–Crippen LogP) is 2.81. The van der Waals surface area contributed by atoms with E-state index < -0.39 is 0 Å². The Kier molecular flexibility index (Phi) is 4.49. The number of carbonyl (C=O) groups is 1. The van der Waals surface area contributed by atoms with E-state index in [4.69, 9.17) is 0 Å². The van der Waals surface area contributed by atoms with Crippen molar-refractivity contribution in [2.24, 2.45) is 0 Å². The van der Waals surface area contributed by atoms with Crippen LogP contribution in [-0.2, 0) is 11.3 Å². The number of nitrogens with one attached hydrogen (secondary N) is 1. The molecule has 1 N–H and O–H groups in total. The lowest BCUT2D eigenvalue weighted by molar-refractivity contribution is -0.116. The second-order valence-corrected chi connectivity index (χ2v) is 6.64. The Morgan fingerprint density at radius 2 is 1.82 bits per heavy atom. The third kappa shape index (κ3) is 3.42. The van der Waals surface area contributed by atoms with Crippen LogP contribution in [0.25, 0.3) is 17.2 Å². The summed E-state index contributed by atoms with van der Waals surface area (Å²) < 4.78 is 2.92. The van der Waals surface area contributed by atoms with Crippen molar-refractivity contribution in [3.8, 4) is 11.4 Å². The highest BCUT2D eigenvalue weighted by Crippen LogP contribution is 2.16. The van der Waals surface area contributed by atoms with Gasteiger partial charge in [-0.05, 0) is 31.5 Å². The van der Waals surface area contributed by atoms with Crippen LogP contribution in [0.4, 0.5) is 5.69 Å². The molecule has 0 aliphatic carbocycles. The van der Waals surface area contributed by atoms with E-state index in [1.54, 1.807) is 11.5 Å². The summed E-state index contributed by atoms with van der Waals surface area (Å²) in [6.45, 7) is 3.76. The van der Waals surface area contributed by atoms with E-state index in [1.807, 2.05) is 61.5 Å². The second kappa shape index (κ2) is 7.11. The zero-order valence-electron chi connectivity index (χ0n) is 15.6. The highest BCUT2D eigenvalue weighted by atomic mass is 16.2. The quantitative estimate of drug-likeness (QED) is 0.596. The summed E-state index contributed by atoms with van der Waals surface area (Å²) in [5.74, 6) is 0.572. The van der Waals surface area contributed by atoms with Gasteiger partial charge in [-0.15, -0.1) is 5.10 Å². The minimum Gasteiger partial charge on any atom is -0.325 e. The van der Waals surface area contributed by atoms with Gasteiger partial charge in [0.05, 0.1) is 0 Å². The van der Waals surface area contributed by atoms with E-state index in [0.29, 0.717) is 17.3 Å². The molecular weight excluding hydrogens is 354 g/mol. The van der Waals surface area contributed by atoms with Crippen molar-refractivity contribution in [2.45, 2.75) is 20.4 Å². The largest absolute Gasteiger partial charge is 0.325 e. The molecule has 0 radical (unpaired) electrons. The molecule has 0 unspecified atom stereocenters. The molecule has 0 spiro atoms. The van der Waals surface area contributed by atoms with Gasteiger partial charge in [-0.25, -0.2) is 0 Å². The zero-order valence-corrected chi connectivity index (χ0v) is 15.6. The normalized spacial score (nSPS) is 10.9. The van der Waals surface area contributed by atoms with Crippen LogP contribution in [0.2, 0.25) is 0 Å². The summed E-state index contributed by atoms with van der Waals surface area (Å²) in [6, 6.07) is 18.5. The van der Waals surface area contributed by atoms with Crippen molar-refractivity contribution < 1.29 is 4.79 Å². The molecule has 0 aliphatic rings. The van der Waals surface area contributed by atoms with Gasteiger partial charge >= 0.3 is 0 Å². The average molecular weight is 373 g/mol. The van der Waals surface area contributed by atoms with E-state index in [0.717, 1.165) is 16.8 Å². The SMILES string of the molecule is Cc1cccc(NC(=O)Cn2c(C)cc(=O)n3nc(-c4ccccc4)nc23)c1. The van der Waals surface area contributed by atoms with Gasteiger partial charge in [0.25, 0.3) is 5.56 Å². The first-order valence-electron chi connectivity index (χ1n) is 8.90. The fourth-order valence-electron chi connectivity index (χ4n) is 3.07. The fourth-order valence-corrected chi connectivity index (χ4v) is 3.07. The number of rotatable bonds is 4. The molecule has 4 rings (SSSR count). The molecule has 2 aromatic carbocycles. The first kappa shape index (κ1) is 17.7. The van der Waals surface area contributed by atoms with Crippen LogP contribution >= 0.6 is 0 Å². The number of carbonyl (C=O) groups excluding carboxylic acids is 1. The molecule has 1 amide bonds. The zero-order chi connectivity index (χ0) is 19.7. The number of nitrogens with zero attached hydrogens (tertiary/aromatic N) is 4. The van der Waals surface area contributed by atoms with Gasteiger partial charge in [0.15, 0.2) is 5.82 Å². The van der Waals surface area contributed by atoms with Crippen LogP contribution in [0.15, 0.2) is 65.5 Å². The van der Waals surface area contributed by atoms with Crippen molar-refractivity contribution >= 4 is 17.4 Å². The summed E-state index contributed by atoms with van der Waals surface area (Å²) in [6.07, 6.45) is 0. The molecule has 2 heterocycles. The van der Waals surface area contributed by atoms with Gasteiger partial charge in [-0.3, -0.25) is 9.59 Å². The van der Waals surface area contributed by atoms with Crippen LogP contribution < -0.4 is 10.9 Å². The number of amides is 1. The predicted molar refractivity (Wildman–Crippen MR) is 107 cm³/mol. The first-order valence-corrected chi connectivity index (χ1v) is 8.90. The first-order chi connectivity index (χ1) is 13.5. The maximum Gasteiger partial charge on any atom is 0.275 e. The maximum atomic E-state index is 12.6. The summed E-state index contributed by atoms with van der Waals surface area (Å²) >= 11 is 0. The van der Waals surface area contributed by atoms with Gasteiger partial charge in [-0.2, -0.15) is 9.50 Å². The Bertz CT molecular complexity index is 1220. The molecular formula is C21H19N5O2. The van der Waals surface area contributed by atoms with Gasteiger partial charge in [0, 0.05) is 23.0 Å². The lowest BCUT2D eigenvalue weighted by atomic mass is 10.2. The smallest absolute Gasteiger partial charge is 0.275 e. The van der Waals surface area contributed by atoms with Crippen molar-refractivity contribution in [2.75, 3.05) is 5.32 Å². The van der Waals surface area contributed by atoms with Crippen LogP contribution in [0.1, 0.15) is 11.3 Å². The Labute approximate surface area is 161 Å². The molecule has 0 saturated heterocycles. The second-order valence-electron chi connectivity index (χ2n) is 6.64.